The van der Waals surface area contributed by atoms with Crippen LogP contribution >= 0.6 is 11.6 Å². The van der Waals surface area contributed by atoms with Gasteiger partial charge < -0.3 is 5.32 Å². The van der Waals surface area contributed by atoms with Gasteiger partial charge >= 0.3 is 0 Å². The number of pyridine rings is 1. The van der Waals surface area contributed by atoms with Gasteiger partial charge in [0.25, 0.3) is 5.91 Å². The van der Waals surface area contributed by atoms with E-state index in [0.717, 1.165) is 17.8 Å². The van der Waals surface area contributed by atoms with Crippen molar-refractivity contribution in [1.29, 1.82) is 0 Å². The number of aromatic nitrogens is 3. The van der Waals surface area contributed by atoms with E-state index >= 15 is 0 Å². The third-order valence-electron chi connectivity index (χ3n) is 3.26. The van der Waals surface area contributed by atoms with E-state index in [9.17, 15) is 4.79 Å². The molecular formula is C15H19ClN4O. The smallest absolute Gasteiger partial charge is 0.251 e. The van der Waals surface area contributed by atoms with E-state index in [1.54, 1.807) is 23.0 Å². The maximum atomic E-state index is 12.2. The number of carbonyl (C=O) groups is 1. The molecule has 0 aliphatic rings. The minimum Gasteiger partial charge on any atom is -0.352 e. The van der Waals surface area contributed by atoms with Gasteiger partial charge in [-0.3, -0.25) is 9.48 Å². The summed E-state index contributed by atoms with van der Waals surface area (Å²) in [7, 11) is 1.88. The molecule has 0 aliphatic heterocycles. The quantitative estimate of drug-likeness (QED) is 0.864. The molecule has 112 valence electrons. The number of amides is 1. The van der Waals surface area contributed by atoms with Gasteiger partial charge in [-0.1, -0.05) is 25.4 Å². The number of nitrogens with one attached hydrogen (secondary N) is 1. The van der Waals surface area contributed by atoms with Gasteiger partial charge in [0, 0.05) is 43.2 Å². The highest BCUT2D eigenvalue weighted by Gasteiger charge is 2.11. The lowest BCUT2D eigenvalue weighted by molar-refractivity contribution is 0.0953. The molecule has 5 nitrogen and oxygen atoms in total. The lowest BCUT2D eigenvalue weighted by Crippen LogP contribution is -2.26. The van der Waals surface area contributed by atoms with E-state index in [2.05, 4.69) is 15.4 Å². The van der Waals surface area contributed by atoms with Crippen LogP contribution in [0.25, 0.3) is 0 Å². The Morgan fingerprint density at radius 2 is 2.19 bits per heavy atom. The van der Waals surface area contributed by atoms with Crippen molar-refractivity contribution >= 4 is 17.5 Å². The molecule has 0 atom stereocenters. The minimum absolute atomic E-state index is 0.136. The van der Waals surface area contributed by atoms with Crippen LogP contribution in [0.5, 0.6) is 0 Å². The van der Waals surface area contributed by atoms with Gasteiger partial charge in [-0.15, -0.1) is 0 Å². The summed E-state index contributed by atoms with van der Waals surface area (Å²) in [6, 6.07) is 5.31. The molecular weight excluding hydrogens is 288 g/mol. The normalized spacial score (nSPS) is 10.9. The molecule has 2 aromatic rings. The van der Waals surface area contributed by atoms with Crippen molar-refractivity contribution in [2.24, 2.45) is 7.05 Å². The van der Waals surface area contributed by atoms with Crippen LogP contribution < -0.4 is 5.32 Å². The maximum absolute atomic E-state index is 12.2. The summed E-state index contributed by atoms with van der Waals surface area (Å²) in [5.74, 6) is 0.0908. The number of halogens is 1. The average molecular weight is 307 g/mol. The number of rotatable bonds is 5. The molecule has 0 radical (unpaired) electrons. The fourth-order valence-corrected chi connectivity index (χ4v) is 2.21. The molecule has 21 heavy (non-hydrogen) atoms. The molecule has 0 bridgehead atoms. The number of nitrogens with zero attached hydrogens (tertiary/aromatic N) is 3. The van der Waals surface area contributed by atoms with Gasteiger partial charge in [0.15, 0.2) is 0 Å². The SMILES string of the molecule is CC(C)c1cc(C(=O)NCCc2ccnn2C)cc(Cl)n1. The second-order valence-corrected chi connectivity index (χ2v) is 5.60. The zero-order valence-electron chi connectivity index (χ0n) is 12.4. The molecule has 0 spiro atoms. The standard InChI is InChI=1S/C15H19ClN4O/c1-10(2)13-8-11(9-14(16)19-13)15(21)17-6-4-12-5-7-18-20(12)3/h5,7-10H,4,6H2,1-3H3,(H,17,21). The predicted molar refractivity (Wildman–Crippen MR) is 82.6 cm³/mol. The Balaban J connectivity index is 1.98. The Bertz CT molecular complexity index is 636. The average Bonchev–Trinajstić information content (AvgIpc) is 2.83. The molecule has 2 heterocycles. The van der Waals surface area contributed by atoms with Gasteiger partial charge in [0.1, 0.15) is 5.15 Å². The van der Waals surface area contributed by atoms with Crippen LogP contribution in [0.2, 0.25) is 5.15 Å². The van der Waals surface area contributed by atoms with Crippen LogP contribution in [-0.4, -0.2) is 27.2 Å². The molecule has 0 fully saturated rings. The van der Waals surface area contributed by atoms with Crippen molar-refractivity contribution in [2.75, 3.05) is 6.54 Å². The van der Waals surface area contributed by atoms with Crippen LogP contribution in [0.3, 0.4) is 0 Å². The molecule has 6 heteroatoms. The number of aryl methyl sites for hydroxylation is 1. The van der Waals surface area contributed by atoms with E-state index in [0.29, 0.717) is 17.3 Å². The second-order valence-electron chi connectivity index (χ2n) is 5.21. The summed E-state index contributed by atoms with van der Waals surface area (Å²) in [6.07, 6.45) is 2.48. The highest BCUT2D eigenvalue weighted by molar-refractivity contribution is 6.29. The fourth-order valence-electron chi connectivity index (χ4n) is 2.00. The molecule has 1 N–H and O–H groups in total. The molecule has 0 aromatic carbocycles. The zero-order valence-corrected chi connectivity index (χ0v) is 13.2. The number of carbonyl (C=O) groups excluding carboxylic acids is 1. The summed E-state index contributed by atoms with van der Waals surface area (Å²) >= 11 is 5.97. The predicted octanol–water partition coefficient (Wildman–Crippen LogP) is 2.56. The first-order valence-corrected chi connectivity index (χ1v) is 7.27. The van der Waals surface area contributed by atoms with Crippen LogP contribution in [0.1, 0.15) is 41.5 Å². The van der Waals surface area contributed by atoms with E-state index < -0.39 is 0 Å². The Hall–Kier alpha value is -1.88. The number of hydrogen-bond donors (Lipinski definition) is 1. The number of hydrogen-bond acceptors (Lipinski definition) is 3. The van der Waals surface area contributed by atoms with E-state index in [1.807, 2.05) is 27.0 Å². The van der Waals surface area contributed by atoms with Gasteiger partial charge in [0.2, 0.25) is 0 Å². The van der Waals surface area contributed by atoms with Crippen LogP contribution in [0.15, 0.2) is 24.4 Å². The van der Waals surface area contributed by atoms with E-state index in [1.165, 1.54) is 0 Å². The van der Waals surface area contributed by atoms with Crippen molar-refractivity contribution in [1.82, 2.24) is 20.1 Å². The second kappa shape index (κ2) is 6.72. The first-order chi connectivity index (χ1) is 9.97. The molecule has 2 aromatic heterocycles. The summed E-state index contributed by atoms with van der Waals surface area (Å²) in [5, 5.41) is 7.33. The molecule has 0 unspecified atom stereocenters. The lowest BCUT2D eigenvalue weighted by atomic mass is 10.1. The molecule has 0 saturated carbocycles. The van der Waals surface area contributed by atoms with E-state index in [4.69, 9.17) is 11.6 Å². The summed E-state index contributed by atoms with van der Waals surface area (Å²) < 4.78 is 1.80. The van der Waals surface area contributed by atoms with Gasteiger partial charge in [-0.25, -0.2) is 4.98 Å². The van der Waals surface area contributed by atoms with Gasteiger partial charge in [-0.05, 0) is 24.1 Å². The van der Waals surface area contributed by atoms with Crippen LogP contribution in [-0.2, 0) is 13.5 Å². The zero-order chi connectivity index (χ0) is 15.4. The Morgan fingerprint density at radius 3 is 2.81 bits per heavy atom. The minimum atomic E-state index is -0.136. The van der Waals surface area contributed by atoms with Crippen molar-refractivity contribution in [2.45, 2.75) is 26.2 Å². The molecule has 2 rings (SSSR count). The lowest BCUT2D eigenvalue weighted by Gasteiger charge is -2.09. The van der Waals surface area contributed by atoms with Crippen molar-refractivity contribution in [3.63, 3.8) is 0 Å². The first kappa shape index (κ1) is 15.5. The van der Waals surface area contributed by atoms with Gasteiger partial charge in [-0.2, -0.15) is 5.10 Å². The Labute approximate surface area is 129 Å². The third-order valence-corrected chi connectivity index (χ3v) is 3.45. The van der Waals surface area contributed by atoms with Crippen LogP contribution in [0.4, 0.5) is 0 Å². The molecule has 1 amide bonds. The van der Waals surface area contributed by atoms with E-state index in [-0.39, 0.29) is 11.8 Å². The first-order valence-electron chi connectivity index (χ1n) is 6.90. The monoisotopic (exact) mass is 306 g/mol. The highest BCUT2D eigenvalue weighted by atomic mass is 35.5. The third kappa shape index (κ3) is 4.04. The topological polar surface area (TPSA) is 59.8 Å². The van der Waals surface area contributed by atoms with Crippen molar-refractivity contribution < 1.29 is 4.79 Å². The van der Waals surface area contributed by atoms with Crippen LogP contribution in [0, 0.1) is 0 Å². The summed E-state index contributed by atoms with van der Waals surface area (Å²) in [5.41, 5.74) is 2.44. The maximum Gasteiger partial charge on any atom is 0.251 e. The van der Waals surface area contributed by atoms with Crippen molar-refractivity contribution in [3.05, 3.63) is 46.5 Å². The largest absolute Gasteiger partial charge is 0.352 e. The molecule has 0 aliphatic carbocycles. The van der Waals surface area contributed by atoms with Gasteiger partial charge in [0.05, 0.1) is 0 Å². The Kier molecular flexibility index (Phi) is 4.96. The highest BCUT2D eigenvalue weighted by Crippen LogP contribution is 2.17. The Morgan fingerprint density at radius 1 is 1.43 bits per heavy atom. The summed E-state index contributed by atoms with van der Waals surface area (Å²) in [4.78, 5) is 16.4. The summed E-state index contributed by atoms with van der Waals surface area (Å²) in [6.45, 7) is 4.58. The molecule has 0 saturated heterocycles. The fraction of sp³-hybridized carbons (Fsp3) is 0.400. The van der Waals surface area contributed by atoms with Crippen molar-refractivity contribution in [3.8, 4) is 0 Å².